The Balaban J connectivity index is 0.000000195. The minimum absolute atomic E-state index is 0.0264. The number of rotatable bonds is 4. The average molecular weight is 464 g/mol. The minimum Gasteiger partial charge on any atom is -0.391 e. The van der Waals surface area contributed by atoms with Gasteiger partial charge in [-0.3, -0.25) is 0 Å². The Morgan fingerprint density at radius 3 is 2.56 bits per heavy atom. The number of thiol groups is 1. The van der Waals surface area contributed by atoms with E-state index in [1.54, 1.807) is 0 Å². The zero-order valence-electron chi connectivity index (χ0n) is 18.2. The second kappa shape index (κ2) is 9.56. The zero-order chi connectivity index (χ0) is 23.6. The van der Waals surface area contributed by atoms with Crippen molar-refractivity contribution in [3.63, 3.8) is 0 Å². The number of aromatic nitrogens is 2. The number of hydrogen-bond acceptors (Lipinski definition) is 6. The summed E-state index contributed by atoms with van der Waals surface area (Å²) in [4.78, 5) is 11.0. The van der Waals surface area contributed by atoms with Gasteiger partial charge in [0.05, 0.1) is 17.2 Å². The largest absolute Gasteiger partial charge is 0.434 e. The predicted octanol–water partition coefficient (Wildman–Crippen LogP) is 4.14. The van der Waals surface area contributed by atoms with Crippen LogP contribution in [-0.4, -0.2) is 15.3 Å². The summed E-state index contributed by atoms with van der Waals surface area (Å²) in [6.45, 7) is 4.69. The lowest BCUT2D eigenvalue weighted by Crippen LogP contribution is -2.20. The Morgan fingerprint density at radius 1 is 1.25 bits per heavy atom. The van der Waals surface area contributed by atoms with Crippen LogP contribution >= 0.6 is 12.6 Å². The molecule has 0 fully saturated rings. The number of nitrogens with one attached hydrogen (secondary N) is 1. The van der Waals surface area contributed by atoms with Crippen molar-refractivity contribution in [3.8, 4) is 0 Å². The van der Waals surface area contributed by atoms with Crippen LogP contribution in [0.5, 0.6) is 0 Å². The van der Waals surface area contributed by atoms with Crippen molar-refractivity contribution >= 4 is 12.6 Å². The molecule has 3 aromatic rings. The van der Waals surface area contributed by atoms with Crippen molar-refractivity contribution in [2.75, 3.05) is 0 Å². The number of hydrogen-bond donors (Lipinski definition) is 4. The molecule has 4 rings (SSSR count). The smallest absolute Gasteiger partial charge is 0.391 e. The van der Waals surface area contributed by atoms with Crippen LogP contribution in [0.15, 0.2) is 44.4 Å². The van der Waals surface area contributed by atoms with Crippen LogP contribution in [0.3, 0.4) is 0 Å². The highest BCUT2D eigenvalue weighted by Gasteiger charge is 2.27. The molecule has 9 heteroatoms. The van der Waals surface area contributed by atoms with Crippen molar-refractivity contribution in [3.05, 3.63) is 80.7 Å². The first-order chi connectivity index (χ1) is 15.0. The summed E-state index contributed by atoms with van der Waals surface area (Å²) >= 11 is 3.79. The predicted molar refractivity (Wildman–Crippen MR) is 120 cm³/mol. The van der Waals surface area contributed by atoms with Gasteiger partial charge in [0.1, 0.15) is 11.6 Å². The number of halogens is 2. The van der Waals surface area contributed by atoms with E-state index in [2.05, 4.69) is 41.0 Å². The SMILES string of the molecule is CC(C)(O)c1c(F)ccc(S)c1F.CC(c1cccc2c1CCC2)C(N)c1n[nH]c(=O)o1. The van der Waals surface area contributed by atoms with Gasteiger partial charge in [0.2, 0.25) is 5.89 Å². The maximum absolute atomic E-state index is 13.3. The molecule has 1 heterocycles. The second-order valence-corrected chi connectivity index (χ2v) is 8.90. The standard InChI is InChI=1S/C14H17N3O2.C9H10F2OS/c1-8(12(15)13-16-17-14(18)19-13)10-6-2-4-9-5-3-7-11(9)10;1-9(2,12)7-5(10)3-4-6(13)8(7)11/h2,4,6,8,12H,3,5,7,15H2,1H3,(H,17,18);3-4,12-13H,1-2H3. The summed E-state index contributed by atoms with van der Waals surface area (Å²) in [6, 6.07) is 8.25. The van der Waals surface area contributed by atoms with Crippen LogP contribution in [0.2, 0.25) is 0 Å². The Bertz CT molecular complexity index is 1150. The van der Waals surface area contributed by atoms with E-state index in [4.69, 9.17) is 10.2 Å². The lowest BCUT2D eigenvalue weighted by molar-refractivity contribution is 0.0696. The third kappa shape index (κ3) is 5.11. The molecule has 1 aliphatic carbocycles. The van der Waals surface area contributed by atoms with Crippen LogP contribution in [0.1, 0.15) is 67.3 Å². The Kier molecular flexibility index (Phi) is 7.22. The van der Waals surface area contributed by atoms with Gasteiger partial charge in [-0.15, -0.1) is 17.7 Å². The fourth-order valence-corrected chi connectivity index (χ4v) is 4.16. The molecule has 1 aliphatic rings. The Labute approximate surface area is 190 Å². The molecular weight excluding hydrogens is 436 g/mol. The highest BCUT2D eigenvalue weighted by molar-refractivity contribution is 7.80. The van der Waals surface area contributed by atoms with Crippen molar-refractivity contribution in [1.82, 2.24) is 10.2 Å². The fourth-order valence-electron chi connectivity index (χ4n) is 3.97. The second-order valence-electron chi connectivity index (χ2n) is 8.42. The van der Waals surface area contributed by atoms with Gasteiger partial charge in [0, 0.05) is 10.8 Å². The van der Waals surface area contributed by atoms with E-state index >= 15 is 0 Å². The molecule has 0 amide bonds. The summed E-state index contributed by atoms with van der Waals surface area (Å²) in [6.07, 6.45) is 3.45. The van der Waals surface area contributed by atoms with E-state index < -0.39 is 29.0 Å². The summed E-state index contributed by atoms with van der Waals surface area (Å²) in [7, 11) is 0. The van der Waals surface area contributed by atoms with Crippen LogP contribution in [-0.2, 0) is 18.4 Å². The van der Waals surface area contributed by atoms with Gasteiger partial charge >= 0.3 is 5.76 Å². The molecule has 2 atom stereocenters. The first-order valence-corrected chi connectivity index (χ1v) is 10.8. The number of benzene rings is 2. The number of fused-ring (bicyclic) bond motifs is 1. The molecule has 32 heavy (non-hydrogen) atoms. The summed E-state index contributed by atoms with van der Waals surface area (Å²) in [5, 5.41) is 15.5. The lowest BCUT2D eigenvalue weighted by Gasteiger charge is -2.20. The molecule has 6 nitrogen and oxygen atoms in total. The van der Waals surface area contributed by atoms with Crippen molar-refractivity contribution in [2.24, 2.45) is 5.73 Å². The summed E-state index contributed by atoms with van der Waals surface area (Å²) < 4.78 is 31.3. The third-order valence-corrected chi connectivity index (χ3v) is 5.98. The lowest BCUT2D eigenvalue weighted by atomic mass is 9.88. The molecular formula is C23H27F2N3O3S. The van der Waals surface area contributed by atoms with Crippen LogP contribution in [0, 0.1) is 11.6 Å². The van der Waals surface area contributed by atoms with E-state index in [-0.39, 0.29) is 22.3 Å². The number of nitrogens with zero attached hydrogens (tertiary/aromatic N) is 1. The summed E-state index contributed by atoms with van der Waals surface area (Å²) in [5.74, 6) is -1.79. The van der Waals surface area contributed by atoms with Gasteiger partial charge in [-0.05, 0) is 61.9 Å². The first kappa shape index (κ1) is 24.2. The zero-order valence-corrected chi connectivity index (χ0v) is 19.0. The van der Waals surface area contributed by atoms with Gasteiger partial charge in [0.15, 0.2) is 0 Å². The molecule has 4 N–H and O–H groups in total. The monoisotopic (exact) mass is 463 g/mol. The van der Waals surface area contributed by atoms with Gasteiger partial charge in [-0.2, -0.15) is 0 Å². The Morgan fingerprint density at radius 2 is 1.97 bits per heavy atom. The molecule has 2 aromatic carbocycles. The topological polar surface area (TPSA) is 105 Å². The van der Waals surface area contributed by atoms with Gasteiger partial charge in [-0.1, -0.05) is 25.1 Å². The van der Waals surface area contributed by atoms with E-state index in [0.29, 0.717) is 0 Å². The molecule has 0 bridgehead atoms. The number of aromatic amines is 1. The molecule has 0 radical (unpaired) electrons. The Hall–Kier alpha value is -2.49. The fraction of sp³-hybridized carbons (Fsp3) is 0.391. The number of H-pyrrole nitrogens is 1. The molecule has 0 spiro atoms. The summed E-state index contributed by atoms with van der Waals surface area (Å²) in [5.41, 5.74) is 8.35. The highest BCUT2D eigenvalue weighted by atomic mass is 32.1. The van der Waals surface area contributed by atoms with Gasteiger partial charge in [0.25, 0.3) is 0 Å². The maximum atomic E-state index is 13.3. The van der Waals surface area contributed by atoms with Gasteiger partial charge in [-0.25, -0.2) is 18.7 Å². The number of aliphatic hydroxyl groups is 1. The quantitative estimate of drug-likeness (QED) is 0.436. The molecule has 1 aromatic heterocycles. The number of nitrogens with two attached hydrogens (primary N) is 1. The average Bonchev–Trinajstić information content (AvgIpc) is 3.38. The van der Waals surface area contributed by atoms with Crippen LogP contribution < -0.4 is 11.5 Å². The highest BCUT2D eigenvalue weighted by Crippen LogP contribution is 2.34. The molecule has 172 valence electrons. The van der Waals surface area contributed by atoms with E-state index in [1.807, 2.05) is 6.92 Å². The van der Waals surface area contributed by atoms with Gasteiger partial charge < -0.3 is 15.3 Å². The normalized spacial score (nSPS) is 15.0. The van der Waals surface area contributed by atoms with Crippen LogP contribution in [0.25, 0.3) is 0 Å². The van der Waals surface area contributed by atoms with Crippen molar-refractivity contribution in [2.45, 2.75) is 62.5 Å². The van der Waals surface area contributed by atoms with E-state index in [0.717, 1.165) is 18.9 Å². The van der Waals surface area contributed by atoms with E-state index in [9.17, 15) is 18.7 Å². The first-order valence-electron chi connectivity index (χ1n) is 10.3. The van der Waals surface area contributed by atoms with Crippen LogP contribution in [0.4, 0.5) is 8.78 Å². The molecule has 0 aliphatic heterocycles. The minimum atomic E-state index is -1.53. The maximum Gasteiger partial charge on any atom is 0.434 e. The van der Waals surface area contributed by atoms with E-state index in [1.165, 1.54) is 43.0 Å². The van der Waals surface area contributed by atoms with Crippen molar-refractivity contribution in [1.29, 1.82) is 0 Å². The van der Waals surface area contributed by atoms with Crippen molar-refractivity contribution < 1.29 is 18.3 Å². The third-order valence-electron chi connectivity index (χ3n) is 5.63. The molecule has 0 saturated carbocycles. The molecule has 2 unspecified atom stereocenters. The molecule has 0 saturated heterocycles. The number of aryl methyl sites for hydroxylation is 1.